The fourth-order valence-corrected chi connectivity index (χ4v) is 5.63. The fraction of sp³-hybridized carbons (Fsp3) is 0.0526. The molecular formula is C19H12Cl4O5S. The van der Waals surface area contributed by atoms with Gasteiger partial charge in [0.1, 0.15) is 11.5 Å². The summed E-state index contributed by atoms with van der Waals surface area (Å²) in [7, 11) is -5.11. The highest BCUT2D eigenvalue weighted by Gasteiger charge is 2.52. The van der Waals surface area contributed by atoms with Crippen LogP contribution in [0.1, 0.15) is 16.7 Å². The maximum Gasteiger partial charge on any atom is 0.283 e. The van der Waals surface area contributed by atoms with Crippen LogP contribution in [0.3, 0.4) is 0 Å². The molecule has 3 rings (SSSR count). The lowest BCUT2D eigenvalue weighted by Crippen LogP contribution is -2.39. The highest BCUT2D eigenvalue weighted by Crippen LogP contribution is 2.52. The lowest BCUT2D eigenvalue weighted by Gasteiger charge is -2.34. The van der Waals surface area contributed by atoms with Gasteiger partial charge in [-0.2, -0.15) is 8.42 Å². The van der Waals surface area contributed by atoms with Gasteiger partial charge in [0.05, 0.1) is 15.1 Å². The van der Waals surface area contributed by atoms with E-state index in [-0.39, 0.29) is 31.2 Å². The summed E-state index contributed by atoms with van der Waals surface area (Å²) in [5.41, 5.74) is -0.582. The molecule has 0 aliphatic rings. The second-order valence-electron chi connectivity index (χ2n) is 6.09. The van der Waals surface area contributed by atoms with Crippen LogP contribution in [-0.2, 0) is 14.9 Å². The predicted octanol–water partition coefficient (Wildman–Crippen LogP) is 5.89. The van der Waals surface area contributed by atoms with E-state index in [4.69, 9.17) is 46.4 Å². The monoisotopic (exact) mass is 492 g/mol. The van der Waals surface area contributed by atoms with E-state index in [1.165, 1.54) is 36.4 Å². The van der Waals surface area contributed by atoms with Crippen LogP contribution < -0.4 is 0 Å². The molecule has 0 saturated heterocycles. The van der Waals surface area contributed by atoms with E-state index in [2.05, 4.69) is 0 Å². The Bertz CT molecular complexity index is 1190. The molecule has 0 aromatic heterocycles. The van der Waals surface area contributed by atoms with Gasteiger partial charge < -0.3 is 10.2 Å². The van der Waals surface area contributed by atoms with Crippen molar-refractivity contribution < 1.29 is 23.2 Å². The summed E-state index contributed by atoms with van der Waals surface area (Å²) in [5, 5.41) is 20.1. The van der Waals surface area contributed by atoms with Gasteiger partial charge in [-0.15, -0.1) is 0 Å². The van der Waals surface area contributed by atoms with Gasteiger partial charge in [-0.1, -0.05) is 70.7 Å². The predicted molar refractivity (Wildman–Crippen MR) is 114 cm³/mol. The van der Waals surface area contributed by atoms with Crippen molar-refractivity contribution in [1.29, 1.82) is 0 Å². The summed E-state index contributed by atoms with van der Waals surface area (Å²) in [4.78, 5) is 0. The molecule has 10 heteroatoms. The zero-order valence-corrected chi connectivity index (χ0v) is 18.1. The van der Waals surface area contributed by atoms with Crippen molar-refractivity contribution in [1.82, 2.24) is 0 Å². The van der Waals surface area contributed by atoms with Gasteiger partial charge >= 0.3 is 0 Å². The molecule has 0 amide bonds. The summed E-state index contributed by atoms with van der Waals surface area (Å²) in [6.45, 7) is 0. The maximum absolute atomic E-state index is 13.0. The van der Waals surface area contributed by atoms with Gasteiger partial charge in [0, 0.05) is 22.2 Å². The fourth-order valence-electron chi connectivity index (χ4n) is 3.24. The quantitative estimate of drug-likeness (QED) is 0.311. The van der Waals surface area contributed by atoms with Gasteiger partial charge in [0.2, 0.25) is 0 Å². The molecule has 5 nitrogen and oxygen atoms in total. The Morgan fingerprint density at radius 1 is 0.759 bits per heavy atom. The molecule has 152 valence electrons. The Labute approximate surface area is 186 Å². The number of phenolic OH excluding ortho intramolecular Hbond substituents is 2. The average Bonchev–Trinajstić information content (AvgIpc) is 2.60. The van der Waals surface area contributed by atoms with Crippen LogP contribution in [0.2, 0.25) is 20.1 Å². The van der Waals surface area contributed by atoms with Crippen molar-refractivity contribution in [2.45, 2.75) is 4.75 Å². The minimum absolute atomic E-state index is 0.00126. The van der Waals surface area contributed by atoms with Gasteiger partial charge in [0.25, 0.3) is 10.1 Å². The molecule has 0 aliphatic carbocycles. The summed E-state index contributed by atoms with van der Waals surface area (Å²) < 4.78 is 34.0. The molecule has 0 saturated carbocycles. The molecule has 0 radical (unpaired) electrons. The molecule has 1 atom stereocenters. The highest BCUT2D eigenvalue weighted by molar-refractivity contribution is 7.87. The van der Waals surface area contributed by atoms with E-state index in [0.717, 1.165) is 12.1 Å². The molecule has 29 heavy (non-hydrogen) atoms. The van der Waals surface area contributed by atoms with Crippen LogP contribution >= 0.6 is 46.4 Å². The summed E-state index contributed by atoms with van der Waals surface area (Å²) in [6.07, 6.45) is 0. The second kappa shape index (κ2) is 7.87. The molecule has 0 fully saturated rings. The third-order valence-corrected chi connectivity index (χ3v) is 7.17. The Hall–Kier alpha value is -1.67. The molecule has 0 spiro atoms. The third kappa shape index (κ3) is 3.65. The van der Waals surface area contributed by atoms with Crippen LogP contribution in [0.15, 0.2) is 54.6 Å². The Balaban J connectivity index is 2.63. The van der Waals surface area contributed by atoms with Crippen LogP contribution in [0.4, 0.5) is 0 Å². The summed E-state index contributed by atoms with van der Waals surface area (Å²) >= 11 is 24.6. The van der Waals surface area contributed by atoms with Crippen LogP contribution in [-0.4, -0.2) is 23.2 Å². The SMILES string of the molecule is O=S(=O)(O)C(c1ccc(Cl)c(Cl)c1)(c1ccccc1Cl)c1c(O)cc(O)cc1Cl. The first-order valence-corrected chi connectivity index (χ1v) is 10.8. The lowest BCUT2D eigenvalue weighted by molar-refractivity contribution is 0.431. The second-order valence-corrected chi connectivity index (χ2v) is 9.28. The standard InChI is InChI=1S/C19H12Cl4O5S/c20-13-4-2-1-3-12(13)19(29(26,27)28,10-5-6-14(21)15(22)7-10)18-16(23)8-11(24)9-17(18)25/h1-9,24-25H,(H,26,27,28). The topological polar surface area (TPSA) is 94.8 Å². The van der Waals surface area contributed by atoms with Gasteiger partial charge in [-0.05, 0) is 29.8 Å². The number of hydrogen-bond donors (Lipinski definition) is 3. The number of aromatic hydroxyl groups is 2. The Kier molecular flexibility index (Phi) is 5.98. The molecular weight excluding hydrogens is 482 g/mol. The van der Waals surface area contributed by atoms with Crippen LogP contribution in [0, 0.1) is 0 Å². The number of rotatable bonds is 4. The van der Waals surface area contributed by atoms with Crippen molar-refractivity contribution in [2.75, 3.05) is 0 Å². The van der Waals surface area contributed by atoms with Gasteiger partial charge in [0.15, 0.2) is 4.75 Å². The molecule has 3 aromatic rings. The zero-order valence-electron chi connectivity index (χ0n) is 14.3. The molecule has 3 N–H and O–H groups in total. The van der Waals surface area contributed by atoms with Crippen molar-refractivity contribution >= 4 is 56.5 Å². The first-order chi connectivity index (χ1) is 13.5. The Morgan fingerprint density at radius 2 is 1.41 bits per heavy atom. The smallest absolute Gasteiger partial charge is 0.283 e. The zero-order chi connectivity index (χ0) is 21.6. The first-order valence-electron chi connectivity index (χ1n) is 7.89. The van der Waals surface area contributed by atoms with Crippen molar-refractivity contribution in [3.05, 3.63) is 91.4 Å². The lowest BCUT2D eigenvalue weighted by atomic mass is 9.83. The largest absolute Gasteiger partial charge is 0.508 e. The van der Waals surface area contributed by atoms with E-state index in [1.54, 1.807) is 6.07 Å². The van der Waals surface area contributed by atoms with Crippen molar-refractivity contribution in [2.24, 2.45) is 0 Å². The summed E-state index contributed by atoms with van der Waals surface area (Å²) in [6, 6.07) is 11.7. The average molecular weight is 494 g/mol. The molecule has 1 unspecified atom stereocenters. The number of benzene rings is 3. The maximum atomic E-state index is 13.0. The van der Waals surface area contributed by atoms with Crippen molar-refractivity contribution in [3.8, 4) is 11.5 Å². The first kappa shape index (κ1) is 22.0. The molecule has 0 heterocycles. The number of phenols is 2. The summed E-state index contributed by atoms with van der Waals surface area (Å²) in [5.74, 6) is -1.09. The van der Waals surface area contributed by atoms with Crippen LogP contribution in [0.25, 0.3) is 0 Å². The minimum atomic E-state index is -5.11. The van der Waals surface area contributed by atoms with Crippen molar-refractivity contribution in [3.63, 3.8) is 0 Å². The molecule has 0 bridgehead atoms. The Morgan fingerprint density at radius 3 is 1.97 bits per heavy atom. The van der Waals surface area contributed by atoms with E-state index in [9.17, 15) is 23.2 Å². The van der Waals surface area contributed by atoms with Gasteiger partial charge in [-0.3, -0.25) is 4.55 Å². The van der Waals surface area contributed by atoms with E-state index in [0.29, 0.717) is 0 Å². The normalized spacial score (nSPS) is 13.8. The number of hydrogen-bond acceptors (Lipinski definition) is 4. The molecule has 3 aromatic carbocycles. The van der Waals surface area contributed by atoms with Gasteiger partial charge in [-0.25, -0.2) is 0 Å². The van der Waals surface area contributed by atoms with E-state index >= 15 is 0 Å². The minimum Gasteiger partial charge on any atom is -0.508 e. The number of halogens is 4. The molecule has 0 aliphatic heterocycles. The van der Waals surface area contributed by atoms with Crippen LogP contribution in [0.5, 0.6) is 11.5 Å². The van der Waals surface area contributed by atoms with E-state index < -0.39 is 31.9 Å². The highest BCUT2D eigenvalue weighted by atomic mass is 35.5. The third-order valence-electron chi connectivity index (χ3n) is 4.37. The van der Waals surface area contributed by atoms with E-state index in [1.807, 2.05) is 0 Å².